The van der Waals surface area contributed by atoms with Gasteiger partial charge in [-0.3, -0.25) is 9.59 Å². The Hall–Kier alpha value is -2.96. The predicted molar refractivity (Wildman–Crippen MR) is 268 cm³/mol. The molecule has 0 rings (SSSR count). The lowest BCUT2D eigenvalue weighted by Gasteiger charge is -2.23. The molecule has 6 nitrogen and oxygen atoms in total. The van der Waals surface area contributed by atoms with Crippen LogP contribution >= 0.6 is 0 Å². The van der Waals surface area contributed by atoms with Gasteiger partial charge in [0.1, 0.15) is 6.10 Å². The highest BCUT2D eigenvalue weighted by Gasteiger charge is 2.23. The number of hydrogen-bond donors (Lipinski definition) is 3. The van der Waals surface area contributed by atoms with E-state index >= 15 is 0 Å². The molecule has 0 fully saturated rings. The van der Waals surface area contributed by atoms with Crippen molar-refractivity contribution in [2.75, 3.05) is 6.61 Å². The monoisotopic (exact) mass is 864 g/mol. The van der Waals surface area contributed by atoms with E-state index in [1.54, 1.807) is 6.08 Å². The summed E-state index contributed by atoms with van der Waals surface area (Å²) in [6, 6.07) is -0.747. The normalized spacial score (nSPS) is 14.0. The number of carbonyl (C=O) groups is 2. The molecule has 3 N–H and O–H groups in total. The van der Waals surface area contributed by atoms with Gasteiger partial charge in [-0.15, -0.1) is 0 Å². The summed E-state index contributed by atoms with van der Waals surface area (Å²) in [4.78, 5) is 26.1. The van der Waals surface area contributed by atoms with Gasteiger partial charge in [0, 0.05) is 6.42 Å². The van der Waals surface area contributed by atoms with Gasteiger partial charge in [0.2, 0.25) is 5.91 Å². The van der Waals surface area contributed by atoms with E-state index in [2.05, 4.69) is 99.0 Å². The summed E-state index contributed by atoms with van der Waals surface area (Å²) in [6.07, 6.45) is 63.9. The van der Waals surface area contributed by atoms with Gasteiger partial charge in [-0.25, -0.2) is 0 Å². The molecule has 0 aromatic carbocycles. The van der Waals surface area contributed by atoms with Crippen LogP contribution in [0.15, 0.2) is 85.1 Å². The molecule has 3 unspecified atom stereocenters. The largest absolute Gasteiger partial charge is 0.458 e. The Labute approximate surface area is 383 Å². The van der Waals surface area contributed by atoms with E-state index in [-0.39, 0.29) is 24.9 Å². The Morgan fingerprint density at radius 2 is 0.903 bits per heavy atom. The topological polar surface area (TPSA) is 95.9 Å². The quantitative estimate of drug-likeness (QED) is 0.0322. The summed E-state index contributed by atoms with van der Waals surface area (Å²) in [5, 5.41) is 23.7. The van der Waals surface area contributed by atoms with Gasteiger partial charge in [0.05, 0.1) is 25.2 Å². The second-order valence-corrected chi connectivity index (χ2v) is 17.2. The van der Waals surface area contributed by atoms with E-state index in [9.17, 15) is 19.8 Å². The molecule has 0 saturated heterocycles. The van der Waals surface area contributed by atoms with Crippen molar-refractivity contribution in [2.45, 2.75) is 251 Å². The second-order valence-electron chi connectivity index (χ2n) is 17.2. The summed E-state index contributed by atoms with van der Waals surface area (Å²) >= 11 is 0. The molecule has 0 bridgehead atoms. The van der Waals surface area contributed by atoms with E-state index in [4.69, 9.17) is 4.74 Å². The number of aliphatic hydroxyl groups excluding tert-OH is 2. The molecule has 0 aliphatic carbocycles. The number of nitrogens with one attached hydrogen (secondary N) is 1. The Kier molecular flexibility index (Phi) is 46.7. The SMILES string of the molecule is CC/C=C/C/C=C/C/C=C/C/C=C/C/C=C/C(CC(=O)NC(CO)C(O)CCCCCCCCCCCCCCCCC)OC(=O)CCCCCCCCC/C=C/C/C=C/CC. The van der Waals surface area contributed by atoms with Crippen LogP contribution in [0.1, 0.15) is 233 Å². The zero-order valence-corrected chi connectivity index (χ0v) is 40.5. The van der Waals surface area contributed by atoms with Gasteiger partial charge in [-0.05, 0) is 76.7 Å². The molecular weight excluding hydrogens is 767 g/mol. The minimum Gasteiger partial charge on any atom is -0.458 e. The number of ether oxygens (including phenoxy) is 1. The molecule has 356 valence electrons. The lowest BCUT2D eigenvalue weighted by atomic mass is 10.0. The molecule has 0 radical (unpaired) electrons. The molecular formula is C56H97NO5. The van der Waals surface area contributed by atoms with E-state index in [1.807, 2.05) is 6.08 Å². The van der Waals surface area contributed by atoms with Crippen molar-refractivity contribution in [3.8, 4) is 0 Å². The highest BCUT2D eigenvalue weighted by Crippen LogP contribution is 2.16. The Morgan fingerprint density at radius 3 is 1.37 bits per heavy atom. The molecule has 0 aliphatic heterocycles. The first-order valence-electron chi connectivity index (χ1n) is 25.8. The zero-order valence-electron chi connectivity index (χ0n) is 40.5. The summed E-state index contributed by atoms with van der Waals surface area (Å²) in [5.41, 5.74) is 0. The van der Waals surface area contributed by atoms with Crippen molar-refractivity contribution in [1.29, 1.82) is 0 Å². The van der Waals surface area contributed by atoms with Gasteiger partial charge >= 0.3 is 5.97 Å². The highest BCUT2D eigenvalue weighted by atomic mass is 16.5. The third-order valence-corrected chi connectivity index (χ3v) is 11.2. The fourth-order valence-electron chi connectivity index (χ4n) is 7.37. The fourth-order valence-corrected chi connectivity index (χ4v) is 7.37. The molecule has 1 amide bonds. The van der Waals surface area contributed by atoms with Crippen molar-refractivity contribution in [1.82, 2.24) is 5.32 Å². The lowest BCUT2D eigenvalue weighted by molar-refractivity contribution is -0.148. The van der Waals surface area contributed by atoms with Gasteiger partial charge in [0.15, 0.2) is 0 Å². The number of hydrogen-bond acceptors (Lipinski definition) is 5. The van der Waals surface area contributed by atoms with Crippen molar-refractivity contribution in [3.05, 3.63) is 85.1 Å². The molecule has 62 heavy (non-hydrogen) atoms. The third-order valence-electron chi connectivity index (χ3n) is 11.2. The van der Waals surface area contributed by atoms with Crippen LogP contribution in [0.3, 0.4) is 0 Å². The number of allylic oxidation sites excluding steroid dienone is 13. The molecule has 3 atom stereocenters. The summed E-state index contributed by atoms with van der Waals surface area (Å²) < 4.78 is 5.82. The first kappa shape index (κ1) is 59.0. The van der Waals surface area contributed by atoms with Crippen LogP contribution in [-0.2, 0) is 14.3 Å². The third kappa shape index (κ3) is 43.7. The maximum absolute atomic E-state index is 13.2. The second kappa shape index (κ2) is 49.1. The maximum Gasteiger partial charge on any atom is 0.306 e. The first-order chi connectivity index (χ1) is 30.5. The van der Waals surface area contributed by atoms with Crippen molar-refractivity contribution in [2.24, 2.45) is 0 Å². The molecule has 0 heterocycles. The van der Waals surface area contributed by atoms with E-state index in [0.717, 1.165) is 83.5 Å². The van der Waals surface area contributed by atoms with Crippen LogP contribution in [0.2, 0.25) is 0 Å². The molecule has 0 spiro atoms. The molecule has 0 aromatic rings. The maximum atomic E-state index is 13.2. The van der Waals surface area contributed by atoms with Crippen LogP contribution in [0, 0.1) is 0 Å². The molecule has 0 aromatic heterocycles. The Balaban J connectivity index is 4.71. The number of unbranched alkanes of at least 4 members (excludes halogenated alkanes) is 21. The van der Waals surface area contributed by atoms with Crippen molar-refractivity contribution >= 4 is 11.9 Å². The van der Waals surface area contributed by atoms with Crippen molar-refractivity contribution in [3.63, 3.8) is 0 Å². The van der Waals surface area contributed by atoms with Crippen molar-refractivity contribution < 1.29 is 24.5 Å². The highest BCUT2D eigenvalue weighted by molar-refractivity contribution is 5.78. The van der Waals surface area contributed by atoms with Gasteiger partial charge < -0.3 is 20.3 Å². The first-order valence-corrected chi connectivity index (χ1v) is 25.8. The van der Waals surface area contributed by atoms with Crippen LogP contribution in [-0.4, -0.2) is 46.9 Å². The smallest absolute Gasteiger partial charge is 0.306 e. The Bertz CT molecular complexity index is 1200. The average Bonchev–Trinajstić information content (AvgIpc) is 3.26. The molecule has 0 saturated carbocycles. The number of amides is 1. The average molecular weight is 864 g/mol. The molecule has 6 heteroatoms. The van der Waals surface area contributed by atoms with E-state index in [1.165, 1.54) is 103 Å². The number of rotatable bonds is 45. The number of carbonyl (C=O) groups excluding carboxylic acids is 2. The number of esters is 1. The van der Waals surface area contributed by atoms with Gasteiger partial charge in [0.25, 0.3) is 0 Å². The predicted octanol–water partition coefficient (Wildman–Crippen LogP) is 15.6. The number of aliphatic hydroxyl groups is 2. The van der Waals surface area contributed by atoms with E-state index in [0.29, 0.717) is 19.3 Å². The van der Waals surface area contributed by atoms with Crippen LogP contribution in [0.4, 0.5) is 0 Å². The summed E-state index contributed by atoms with van der Waals surface area (Å²) in [6.45, 7) is 6.23. The minimum atomic E-state index is -0.824. The molecule has 0 aliphatic rings. The van der Waals surface area contributed by atoms with Gasteiger partial charge in [-0.1, -0.05) is 228 Å². The summed E-state index contributed by atoms with van der Waals surface area (Å²) in [5.74, 6) is -0.641. The van der Waals surface area contributed by atoms with Gasteiger partial charge in [-0.2, -0.15) is 0 Å². The lowest BCUT2D eigenvalue weighted by Crippen LogP contribution is -2.46. The van der Waals surface area contributed by atoms with Crippen LogP contribution in [0.25, 0.3) is 0 Å². The van der Waals surface area contributed by atoms with E-state index < -0.39 is 18.2 Å². The minimum absolute atomic E-state index is 0.0523. The standard InChI is InChI=1S/C56H97NO5/c1-4-7-10-13-16-19-22-25-28-30-33-36-39-42-45-48-54(59)53(51-58)57-55(60)50-52(47-44-41-38-35-32-29-26-23-20-17-14-11-8-5-2)62-56(61)49-46-43-40-37-34-31-27-24-21-18-15-12-9-6-3/h8-9,11-12,17-18,20-21,26,29,35,38,44,47,52-54,58-59H,4-7,10,13-16,19,22-25,27-28,30-34,36-37,39-43,45-46,48-51H2,1-3H3,(H,57,60)/b11-8+,12-9+,20-17+,21-18+,29-26+,38-35+,47-44+. The zero-order chi connectivity index (χ0) is 45.2. The Morgan fingerprint density at radius 1 is 0.500 bits per heavy atom. The fraction of sp³-hybridized carbons (Fsp3) is 0.714. The van der Waals surface area contributed by atoms with Crippen LogP contribution < -0.4 is 5.32 Å². The van der Waals surface area contributed by atoms with Crippen LogP contribution in [0.5, 0.6) is 0 Å². The summed E-state index contributed by atoms with van der Waals surface area (Å²) in [7, 11) is 0.